The molecule has 0 N–H and O–H groups in total. The molecule has 3 aromatic carbocycles. The molecule has 43 heavy (non-hydrogen) atoms. The van der Waals surface area contributed by atoms with Crippen molar-refractivity contribution >= 4 is 45.0 Å². The van der Waals surface area contributed by atoms with Gasteiger partial charge in [-0.15, -0.1) is 0 Å². The highest BCUT2D eigenvalue weighted by molar-refractivity contribution is 6.36. The number of aromatic nitrogens is 2. The maximum Gasteiger partial charge on any atom is 0.319 e. The van der Waals surface area contributed by atoms with Gasteiger partial charge in [-0.1, -0.05) is 48.5 Å². The third-order valence-electron chi connectivity index (χ3n) is 9.10. The molecule has 7 nitrogen and oxygen atoms in total. The molecule has 0 aliphatic carbocycles. The molecule has 11 heteroatoms. The second-order valence-electron chi connectivity index (χ2n) is 11.5. The number of anilines is 1. The van der Waals surface area contributed by atoms with E-state index in [0.717, 1.165) is 24.8 Å². The lowest BCUT2D eigenvalue weighted by Gasteiger charge is -2.47. The van der Waals surface area contributed by atoms with Crippen LogP contribution in [0.15, 0.2) is 54.9 Å². The van der Waals surface area contributed by atoms with Crippen molar-refractivity contribution in [3.8, 4) is 17.1 Å². The van der Waals surface area contributed by atoms with Crippen molar-refractivity contribution in [1.29, 1.82) is 0 Å². The number of amides is 1. The molecule has 4 heterocycles. The average Bonchev–Trinajstić information content (AvgIpc) is 3.53. The van der Waals surface area contributed by atoms with Crippen LogP contribution in [0.2, 0.25) is 5.02 Å². The van der Waals surface area contributed by atoms with E-state index in [0.29, 0.717) is 47.9 Å². The van der Waals surface area contributed by atoms with E-state index in [1.54, 1.807) is 24.3 Å². The number of likely N-dealkylation sites (tertiary alicyclic amines) is 2. The van der Waals surface area contributed by atoms with Crippen LogP contribution in [-0.4, -0.2) is 77.1 Å². The fraction of sp³-hybridized carbons (Fsp3) is 0.344. The first-order valence-electron chi connectivity index (χ1n) is 14.4. The van der Waals surface area contributed by atoms with Gasteiger partial charge in [-0.25, -0.2) is 13.2 Å². The summed E-state index contributed by atoms with van der Waals surface area (Å²) < 4.78 is 52.3. The number of benzene rings is 3. The zero-order valence-corrected chi connectivity index (χ0v) is 24.3. The van der Waals surface area contributed by atoms with Crippen molar-refractivity contribution in [1.82, 2.24) is 19.8 Å². The van der Waals surface area contributed by atoms with Gasteiger partial charge in [0, 0.05) is 34.9 Å². The topological polar surface area (TPSA) is 61.8 Å². The molecular formula is C32H29ClF3N5O2. The number of hydrogen-bond donors (Lipinski definition) is 0. The molecular weight excluding hydrogens is 579 g/mol. The van der Waals surface area contributed by atoms with Crippen LogP contribution in [0.1, 0.15) is 19.3 Å². The SMILES string of the molecule is C=C(F)C(=O)N1CCC2[C@H]1CN2c1nc(OC[C@@H]2CCCN2C)nc2c(F)c(-c3cccc4cccc(Cl)c34)c(F)cc12. The molecule has 3 aliphatic heterocycles. The second kappa shape index (κ2) is 10.7. The summed E-state index contributed by atoms with van der Waals surface area (Å²) in [5, 5.41) is 1.85. The Morgan fingerprint density at radius 1 is 1.12 bits per heavy atom. The first kappa shape index (κ1) is 27.9. The van der Waals surface area contributed by atoms with Crippen LogP contribution in [0, 0.1) is 11.6 Å². The highest BCUT2D eigenvalue weighted by Crippen LogP contribution is 2.43. The third kappa shape index (κ3) is 4.58. The number of nitrogens with zero attached hydrogens (tertiary/aromatic N) is 5. The smallest absolute Gasteiger partial charge is 0.319 e. The summed E-state index contributed by atoms with van der Waals surface area (Å²) in [6.45, 7) is 5.10. The van der Waals surface area contributed by atoms with Crippen molar-refractivity contribution in [2.45, 2.75) is 37.4 Å². The number of hydrogen-bond acceptors (Lipinski definition) is 6. The van der Waals surface area contributed by atoms with Crippen molar-refractivity contribution in [2.75, 3.05) is 38.2 Å². The first-order chi connectivity index (χ1) is 20.7. The molecule has 1 amide bonds. The standard InChI is InChI=1S/C32H29ClF3N5O2/c1-17(34)31(42)40-13-11-24-25(40)15-41(24)30-21-14-23(35)27(20-9-3-6-18-7-4-10-22(33)26(18)20)28(36)29(21)37-32(38-30)43-16-19-8-5-12-39(19)2/h3-4,6-7,9-10,14,19,24-25H,1,5,8,11-13,15-16H2,2H3/t19-,24?,25+/m0/s1. The van der Waals surface area contributed by atoms with Crippen molar-refractivity contribution in [2.24, 2.45) is 0 Å². The Bertz CT molecular complexity index is 1800. The maximum absolute atomic E-state index is 16.6. The minimum Gasteiger partial charge on any atom is -0.462 e. The Labute approximate surface area is 251 Å². The van der Waals surface area contributed by atoms with Crippen LogP contribution < -0.4 is 9.64 Å². The normalized spacial score (nSPS) is 21.8. The molecule has 0 radical (unpaired) electrons. The minimum atomic E-state index is -1.01. The van der Waals surface area contributed by atoms with Crippen LogP contribution in [0.3, 0.4) is 0 Å². The summed E-state index contributed by atoms with van der Waals surface area (Å²) in [6.07, 6.45) is 2.56. The van der Waals surface area contributed by atoms with Crippen molar-refractivity contribution < 1.29 is 22.7 Å². The molecule has 1 aromatic heterocycles. The fourth-order valence-corrected chi connectivity index (χ4v) is 7.11. The molecule has 0 bridgehead atoms. The van der Waals surface area contributed by atoms with Crippen molar-refractivity contribution in [3.05, 3.63) is 71.5 Å². The zero-order valence-electron chi connectivity index (χ0n) is 23.5. The lowest BCUT2D eigenvalue weighted by Crippen LogP contribution is -2.63. The van der Waals surface area contributed by atoms with Gasteiger partial charge in [0.25, 0.3) is 5.91 Å². The van der Waals surface area contributed by atoms with Gasteiger partial charge in [-0.05, 0) is 55.9 Å². The predicted octanol–water partition coefficient (Wildman–Crippen LogP) is 6.13. The Morgan fingerprint density at radius 2 is 1.91 bits per heavy atom. The summed E-state index contributed by atoms with van der Waals surface area (Å²) in [7, 11) is 2.02. The molecule has 0 spiro atoms. The Balaban J connectivity index is 1.34. The summed E-state index contributed by atoms with van der Waals surface area (Å²) in [4.78, 5) is 27.0. The molecule has 3 saturated heterocycles. The minimum absolute atomic E-state index is 0.0123. The molecule has 3 atom stereocenters. The van der Waals surface area contributed by atoms with E-state index in [1.165, 1.54) is 11.0 Å². The number of carbonyl (C=O) groups excluding carboxylic acids is 1. The largest absolute Gasteiger partial charge is 0.462 e. The highest BCUT2D eigenvalue weighted by Gasteiger charge is 2.50. The summed E-state index contributed by atoms with van der Waals surface area (Å²) in [6, 6.07) is 11.5. The number of likely N-dealkylation sites (N-methyl/N-ethyl adjacent to an activating group) is 1. The lowest BCUT2D eigenvalue weighted by atomic mass is 9.94. The Hall–Kier alpha value is -3.89. The number of rotatable bonds is 6. The molecule has 4 aromatic rings. The van der Waals surface area contributed by atoms with Crippen LogP contribution in [0.25, 0.3) is 32.8 Å². The number of fused-ring (bicyclic) bond motifs is 3. The van der Waals surface area contributed by atoms with E-state index in [9.17, 15) is 9.18 Å². The Kier molecular flexibility index (Phi) is 6.93. The lowest BCUT2D eigenvalue weighted by molar-refractivity contribution is -0.130. The highest BCUT2D eigenvalue weighted by atomic mass is 35.5. The number of halogens is 4. The van der Waals surface area contributed by atoms with Crippen molar-refractivity contribution in [3.63, 3.8) is 0 Å². The van der Waals surface area contributed by atoms with Crippen LogP contribution in [-0.2, 0) is 4.79 Å². The monoisotopic (exact) mass is 607 g/mol. The molecule has 3 fully saturated rings. The maximum atomic E-state index is 16.6. The molecule has 1 unspecified atom stereocenters. The van der Waals surface area contributed by atoms with Crippen LogP contribution in [0.5, 0.6) is 6.01 Å². The van der Waals surface area contributed by atoms with E-state index in [1.807, 2.05) is 24.1 Å². The van der Waals surface area contributed by atoms with E-state index in [4.69, 9.17) is 16.3 Å². The first-order valence-corrected chi connectivity index (χ1v) is 14.7. The zero-order chi connectivity index (χ0) is 30.0. The summed E-state index contributed by atoms with van der Waals surface area (Å²) >= 11 is 6.52. The van der Waals surface area contributed by atoms with Gasteiger partial charge in [-0.3, -0.25) is 4.79 Å². The number of carbonyl (C=O) groups is 1. The molecule has 3 aliphatic rings. The molecule has 222 valence electrons. The van der Waals surface area contributed by atoms with E-state index in [2.05, 4.69) is 21.4 Å². The average molecular weight is 608 g/mol. The van der Waals surface area contributed by atoms with E-state index in [-0.39, 0.29) is 40.6 Å². The van der Waals surface area contributed by atoms with E-state index >= 15 is 8.78 Å². The molecule has 0 saturated carbocycles. The second-order valence-corrected chi connectivity index (χ2v) is 11.9. The summed E-state index contributed by atoms with van der Waals surface area (Å²) in [5.41, 5.74) is 0.000261. The third-order valence-corrected chi connectivity index (χ3v) is 9.42. The van der Waals surface area contributed by atoms with E-state index < -0.39 is 23.4 Å². The van der Waals surface area contributed by atoms with Gasteiger partial charge in [0.15, 0.2) is 11.6 Å². The van der Waals surface area contributed by atoms with Crippen LogP contribution >= 0.6 is 11.6 Å². The van der Waals surface area contributed by atoms with Gasteiger partial charge in [-0.2, -0.15) is 9.97 Å². The number of ether oxygens (including phenoxy) is 1. The fourth-order valence-electron chi connectivity index (χ4n) is 6.83. The van der Waals surface area contributed by atoms with Gasteiger partial charge >= 0.3 is 6.01 Å². The van der Waals surface area contributed by atoms with Gasteiger partial charge in [0.1, 0.15) is 23.8 Å². The van der Waals surface area contributed by atoms with Crippen LogP contribution in [0.4, 0.5) is 19.0 Å². The van der Waals surface area contributed by atoms with Gasteiger partial charge in [0.2, 0.25) is 0 Å². The molecule has 7 rings (SSSR count). The quantitative estimate of drug-likeness (QED) is 0.246. The summed E-state index contributed by atoms with van der Waals surface area (Å²) in [5.74, 6) is -3.06. The Morgan fingerprint density at radius 3 is 2.65 bits per heavy atom. The van der Waals surface area contributed by atoms with Gasteiger partial charge in [0.05, 0.1) is 17.6 Å². The predicted molar refractivity (Wildman–Crippen MR) is 160 cm³/mol. The van der Waals surface area contributed by atoms with Gasteiger partial charge < -0.3 is 19.4 Å².